The number of rotatable bonds is 0. The summed E-state index contributed by atoms with van der Waals surface area (Å²) >= 11 is 0. The van der Waals surface area contributed by atoms with Crippen molar-refractivity contribution in [2.45, 2.75) is 19.2 Å². The zero-order valence-electron chi connectivity index (χ0n) is 8.13. The minimum absolute atomic E-state index is 0.0609. The summed E-state index contributed by atoms with van der Waals surface area (Å²) in [6, 6.07) is 6.95. The summed E-state index contributed by atoms with van der Waals surface area (Å²) < 4.78 is 15.4. The normalized spacial score (nSPS) is 23.5. The first-order chi connectivity index (χ1) is 6.11. The van der Waals surface area contributed by atoms with E-state index in [2.05, 4.69) is 0 Å². The van der Waals surface area contributed by atoms with Crippen LogP contribution in [0.1, 0.15) is 31.5 Å². The Kier molecular flexibility index (Phi) is 1.07. The Morgan fingerprint density at radius 3 is 3.00 bits per heavy atom. The minimum Gasteiger partial charge on any atom is -0.294 e. The number of hydrogen-bond acceptors (Lipinski definition) is 1. The molecule has 0 heterocycles. The van der Waals surface area contributed by atoms with Gasteiger partial charge < -0.3 is 0 Å². The third-order valence-electron chi connectivity index (χ3n) is 1.89. The van der Waals surface area contributed by atoms with Gasteiger partial charge in [0, 0.05) is 14.7 Å². The van der Waals surface area contributed by atoms with Crippen molar-refractivity contribution < 1.29 is 7.54 Å². The Morgan fingerprint density at radius 1 is 1.36 bits per heavy atom. The van der Waals surface area contributed by atoms with Crippen LogP contribution in [0.3, 0.4) is 0 Å². The fraction of sp³-hybridized carbons (Fsp3) is 0.300. The highest BCUT2D eigenvalue weighted by atomic mass is 16.1. The van der Waals surface area contributed by atoms with Gasteiger partial charge in [-0.3, -0.25) is 4.79 Å². The van der Waals surface area contributed by atoms with Gasteiger partial charge in [-0.2, -0.15) is 0 Å². The first-order valence-electron chi connectivity index (χ1n) is 4.74. The number of aryl methyl sites for hydroxylation is 1. The number of hydrogen-bond donors (Lipinski definition) is 0. The summed E-state index contributed by atoms with van der Waals surface area (Å²) in [5.41, 5.74) is 1.10. The lowest BCUT2D eigenvalue weighted by molar-refractivity contribution is 0.0972. The van der Waals surface area contributed by atoms with Crippen LogP contribution >= 0.6 is 0 Å². The van der Waals surface area contributed by atoms with Crippen molar-refractivity contribution in [3.05, 3.63) is 35.4 Å². The standard InChI is InChI=1S/C10H10O/c11-10-7-3-5-8-4-1-2-6-9(8)10/h1-2,4,6H,3,5,7H2/i5D2. The van der Waals surface area contributed by atoms with Gasteiger partial charge in [-0.05, 0) is 18.4 Å². The second-order valence-electron chi connectivity index (χ2n) is 2.65. The number of carbonyl (C=O) groups excluding carboxylic acids is 1. The van der Waals surface area contributed by atoms with Crippen LogP contribution in [0.5, 0.6) is 0 Å². The zero-order chi connectivity index (χ0) is 9.47. The zero-order valence-corrected chi connectivity index (χ0v) is 6.13. The molecular formula is C10H10O. The summed E-state index contributed by atoms with van der Waals surface area (Å²) in [6.45, 7) is 0. The maximum atomic E-state index is 11.4. The summed E-state index contributed by atoms with van der Waals surface area (Å²) in [5, 5.41) is 0. The molecule has 0 unspecified atom stereocenters. The van der Waals surface area contributed by atoms with E-state index in [4.69, 9.17) is 2.74 Å². The Morgan fingerprint density at radius 2 is 2.18 bits per heavy atom. The molecule has 1 nitrogen and oxygen atoms in total. The molecule has 1 aliphatic rings. The lowest BCUT2D eigenvalue weighted by Gasteiger charge is -2.12. The topological polar surface area (TPSA) is 17.1 Å². The molecule has 0 atom stereocenters. The highest BCUT2D eigenvalue weighted by Crippen LogP contribution is 2.19. The molecule has 0 aliphatic heterocycles. The summed E-state index contributed by atoms with van der Waals surface area (Å²) in [7, 11) is 0. The molecule has 0 saturated carbocycles. The fourth-order valence-electron chi connectivity index (χ4n) is 1.33. The van der Waals surface area contributed by atoms with E-state index < -0.39 is 6.37 Å². The maximum Gasteiger partial charge on any atom is 0.163 e. The van der Waals surface area contributed by atoms with Crippen LogP contribution in [0.15, 0.2) is 24.3 Å². The van der Waals surface area contributed by atoms with E-state index in [0.29, 0.717) is 24.0 Å². The number of Topliss-reactive ketones (excluding diaryl/α,β-unsaturated/α-hetero) is 1. The second-order valence-corrected chi connectivity index (χ2v) is 2.65. The number of carbonyl (C=O) groups is 1. The molecule has 0 aromatic heterocycles. The van der Waals surface area contributed by atoms with Crippen molar-refractivity contribution in [2.24, 2.45) is 0 Å². The number of fused-ring (bicyclic) bond motifs is 1. The van der Waals surface area contributed by atoms with Crippen LogP contribution in [0, 0.1) is 0 Å². The van der Waals surface area contributed by atoms with Crippen molar-refractivity contribution in [2.75, 3.05) is 0 Å². The van der Waals surface area contributed by atoms with Crippen molar-refractivity contribution in [3.63, 3.8) is 0 Å². The van der Waals surface area contributed by atoms with Gasteiger partial charge in [0.25, 0.3) is 0 Å². The van der Waals surface area contributed by atoms with Crippen molar-refractivity contribution in [1.29, 1.82) is 0 Å². The van der Waals surface area contributed by atoms with Crippen LogP contribution in [0.4, 0.5) is 0 Å². The third kappa shape index (κ3) is 1.07. The molecule has 0 N–H and O–H groups in total. The van der Waals surface area contributed by atoms with Crippen molar-refractivity contribution >= 4 is 5.78 Å². The monoisotopic (exact) mass is 148 g/mol. The van der Waals surface area contributed by atoms with E-state index in [1.165, 1.54) is 0 Å². The van der Waals surface area contributed by atoms with Gasteiger partial charge in [0.05, 0.1) is 0 Å². The van der Waals surface area contributed by atoms with Crippen molar-refractivity contribution in [3.8, 4) is 0 Å². The predicted molar refractivity (Wildman–Crippen MR) is 43.7 cm³/mol. The number of ketones is 1. The van der Waals surface area contributed by atoms with Gasteiger partial charge in [-0.15, -0.1) is 0 Å². The van der Waals surface area contributed by atoms with E-state index in [1.54, 1.807) is 24.3 Å². The van der Waals surface area contributed by atoms with E-state index >= 15 is 0 Å². The van der Waals surface area contributed by atoms with Gasteiger partial charge in [0.15, 0.2) is 5.78 Å². The van der Waals surface area contributed by atoms with Crippen molar-refractivity contribution in [1.82, 2.24) is 0 Å². The molecule has 56 valence electrons. The molecule has 0 fully saturated rings. The largest absolute Gasteiger partial charge is 0.294 e. The molecule has 0 bridgehead atoms. The Hall–Kier alpha value is -1.11. The predicted octanol–water partition coefficient (Wildman–Crippen LogP) is 2.21. The molecule has 0 amide bonds. The highest BCUT2D eigenvalue weighted by Gasteiger charge is 2.14. The van der Waals surface area contributed by atoms with Gasteiger partial charge in [0.2, 0.25) is 0 Å². The Labute approximate surface area is 68.9 Å². The summed E-state index contributed by atoms with van der Waals surface area (Å²) in [6.07, 6.45) is -0.697. The first-order valence-corrected chi connectivity index (χ1v) is 3.74. The van der Waals surface area contributed by atoms with Crippen LogP contribution in [0.25, 0.3) is 0 Å². The summed E-state index contributed by atoms with van der Waals surface area (Å²) in [5.74, 6) is 0.0609. The van der Waals surface area contributed by atoms with E-state index in [-0.39, 0.29) is 5.78 Å². The van der Waals surface area contributed by atoms with E-state index in [9.17, 15) is 4.79 Å². The molecule has 0 saturated heterocycles. The molecule has 1 heteroatoms. The van der Waals surface area contributed by atoms with Crippen LogP contribution in [0.2, 0.25) is 0 Å². The van der Waals surface area contributed by atoms with E-state index in [0.717, 1.165) is 0 Å². The smallest absolute Gasteiger partial charge is 0.163 e. The molecule has 1 aromatic rings. The summed E-state index contributed by atoms with van der Waals surface area (Å²) in [4.78, 5) is 11.4. The minimum atomic E-state index is -1.33. The Bertz CT molecular complexity index is 358. The average molecular weight is 148 g/mol. The lowest BCUT2D eigenvalue weighted by Crippen LogP contribution is -2.09. The molecule has 1 aliphatic carbocycles. The lowest BCUT2D eigenvalue weighted by atomic mass is 9.91. The third-order valence-corrected chi connectivity index (χ3v) is 1.89. The second kappa shape index (κ2) is 2.50. The molecule has 11 heavy (non-hydrogen) atoms. The quantitative estimate of drug-likeness (QED) is 0.551. The molecule has 0 radical (unpaired) electrons. The van der Waals surface area contributed by atoms with Crippen LogP contribution in [-0.2, 0) is 6.37 Å². The molecule has 0 spiro atoms. The van der Waals surface area contributed by atoms with E-state index in [1.807, 2.05) is 0 Å². The van der Waals surface area contributed by atoms with Gasteiger partial charge >= 0.3 is 0 Å². The van der Waals surface area contributed by atoms with Gasteiger partial charge in [0.1, 0.15) is 0 Å². The SMILES string of the molecule is [2H]C1([2H])CCC(=O)c2ccccc21. The van der Waals surface area contributed by atoms with Gasteiger partial charge in [-0.25, -0.2) is 0 Å². The molecule has 2 rings (SSSR count). The van der Waals surface area contributed by atoms with Gasteiger partial charge in [-0.1, -0.05) is 24.3 Å². The maximum absolute atomic E-state index is 11.4. The first kappa shape index (κ1) is 4.70. The van der Waals surface area contributed by atoms with Crippen LogP contribution < -0.4 is 0 Å². The fourth-order valence-corrected chi connectivity index (χ4v) is 1.33. The molecular weight excluding hydrogens is 136 g/mol. The molecule has 1 aromatic carbocycles. The average Bonchev–Trinajstić information content (AvgIpc) is 2.13. The number of benzene rings is 1. The highest BCUT2D eigenvalue weighted by molar-refractivity contribution is 5.98. The van der Waals surface area contributed by atoms with Crippen LogP contribution in [-0.4, -0.2) is 5.78 Å². The Balaban J connectivity index is 2.61.